The van der Waals surface area contributed by atoms with Crippen LogP contribution in [-0.4, -0.2) is 29.4 Å². The Kier molecular flexibility index (Phi) is 6.25. The van der Waals surface area contributed by atoms with Crippen LogP contribution in [0.5, 0.6) is 5.75 Å². The van der Waals surface area contributed by atoms with Crippen LogP contribution in [0.25, 0.3) is 5.57 Å². The highest BCUT2D eigenvalue weighted by atomic mass is 32.2. The van der Waals surface area contributed by atoms with E-state index in [1.807, 2.05) is 82.3 Å². The lowest BCUT2D eigenvalue weighted by molar-refractivity contribution is -0.137. The predicted octanol–water partition coefficient (Wildman–Crippen LogP) is 5.00. The maximum Gasteiger partial charge on any atom is 0.268 e. The summed E-state index contributed by atoms with van der Waals surface area (Å²) in [5.41, 5.74) is 1.20. The third-order valence-electron chi connectivity index (χ3n) is 4.15. The normalized spacial score (nSPS) is 14.6. The third-order valence-corrected chi connectivity index (χ3v) is 5.24. The van der Waals surface area contributed by atoms with E-state index in [2.05, 4.69) is 0 Å². The molecule has 0 saturated heterocycles. The highest BCUT2D eigenvalue weighted by Gasteiger charge is 2.39. The van der Waals surface area contributed by atoms with E-state index in [9.17, 15) is 9.59 Å². The molecule has 3 rings (SSSR count). The SMILES string of the molecule is CC(C)CN1C(=O)C(Sc2ccccc2)=C(c2ccc(OC(C)C)cc2)C1=O. The minimum absolute atomic E-state index is 0.0745. The van der Waals surface area contributed by atoms with E-state index in [1.165, 1.54) is 16.7 Å². The number of carbonyl (C=O) groups is 2. The summed E-state index contributed by atoms with van der Waals surface area (Å²) in [6, 6.07) is 17.0. The molecule has 1 heterocycles. The van der Waals surface area contributed by atoms with Crippen LogP contribution in [0, 0.1) is 5.92 Å². The average molecular weight is 396 g/mol. The number of ether oxygens (including phenoxy) is 1. The summed E-state index contributed by atoms with van der Waals surface area (Å²) in [6.07, 6.45) is 0.0745. The highest BCUT2D eigenvalue weighted by Crippen LogP contribution is 2.40. The zero-order valence-corrected chi connectivity index (χ0v) is 17.5. The van der Waals surface area contributed by atoms with Gasteiger partial charge in [0.05, 0.1) is 16.6 Å². The van der Waals surface area contributed by atoms with Crippen molar-refractivity contribution in [3.8, 4) is 5.75 Å². The summed E-state index contributed by atoms with van der Waals surface area (Å²) < 4.78 is 5.69. The van der Waals surface area contributed by atoms with Gasteiger partial charge in [0.1, 0.15) is 5.75 Å². The molecular formula is C23H25NO3S. The van der Waals surface area contributed by atoms with Gasteiger partial charge in [0.25, 0.3) is 11.8 Å². The smallest absolute Gasteiger partial charge is 0.268 e. The largest absolute Gasteiger partial charge is 0.491 e. The van der Waals surface area contributed by atoms with Crippen molar-refractivity contribution in [2.24, 2.45) is 5.92 Å². The number of thioether (sulfide) groups is 1. The molecule has 2 amide bonds. The lowest BCUT2D eigenvalue weighted by Crippen LogP contribution is -2.34. The Balaban J connectivity index is 2.00. The van der Waals surface area contributed by atoms with E-state index < -0.39 is 0 Å². The molecule has 0 bridgehead atoms. The Bertz CT molecular complexity index is 886. The number of hydrogen-bond acceptors (Lipinski definition) is 4. The van der Waals surface area contributed by atoms with Crippen LogP contribution in [0.1, 0.15) is 33.3 Å². The topological polar surface area (TPSA) is 46.6 Å². The molecule has 28 heavy (non-hydrogen) atoms. The second kappa shape index (κ2) is 8.65. The van der Waals surface area contributed by atoms with E-state index in [4.69, 9.17) is 4.74 Å². The van der Waals surface area contributed by atoms with Crippen LogP contribution < -0.4 is 4.74 Å². The molecule has 0 spiro atoms. The summed E-state index contributed by atoms with van der Waals surface area (Å²) in [7, 11) is 0. The standard InChI is InChI=1S/C23H25NO3S/c1-15(2)14-24-22(25)20(17-10-12-18(13-11-17)27-16(3)4)21(23(24)26)28-19-8-6-5-7-9-19/h5-13,15-16H,14H2,1-4H3. The minimum Gasteiger partial charge on any atom is -0.491 e. The molecule has 0 radical (unpaired) electrons. The summed E-state index contributed by atoms with van der Waals surface area (Å²) >= 11 is 1.35. The molecule has 1 aliphatic rings. The molecule has 146 valence electrons. The molecule has 2 aromatic carbocycles. The summed E-state index contributed by atoms with van der Waals surface area (Å²) in [6.45, 7) is 8.35. The molecular weight excluding hydrogens is 370 g/mol. The lowest BCUT2D eigenvalue weighted by Gasteiger charge is -2.17. The minimum atomic E-state index is -0.227. The van der Waals surface area contributed by atoms with Gasteiger partial charge in [-0.05, 0) is 49.6 Å². The molecule has 1 aliphatic heterocycles. The second-order valence-corrected chi connectivity index (χ2v) is 8.51. The molecule has 0 saturated carbocycles. The quantitative estimate of drug-likeness (QED) is 0.619. The molecule has 5 heteroatoms. The number of amides is 2. The van der Waals surface area contributed by atoms with Gasteiger partial charge in [-0.3, -0.25) is 14.5 Å². The lowest BCUT2D eigenvalue weighted by atomic mass is 10.1. The Morgan fingerprint density at radius 3 is 2.11 bits per heavy atom. The van der Waals surface area contributed by atoms with E-state index in [0.717, 1.165) is 16.2 Å². The number of benzene rings is 2. The number of rotatable bonds is 7. The molecule has 0 atom stereocenters. The van der Waals surface area contributed by atoms with Gasteiger partial charge in [0.2, 0.25) is 0 Å². The molecule has 2 aromatic rings. The van der Waals surface area contributed by atoms with Crippen LogP contribution in [0.2, 0.25) is 0 Å². The van der Waals surface area contributed by atoms with Crippen molar-refractivity contribution in [2.75, 3.05) is 6.54 Å². The van der Waals surface area contributed by atoms with Gasteiger partial charge in [-0.25, -0.2) is 0 Å². The van der Waals surface area contributed by atoms with Crippen molar-refractivity contribution in [1.29, 1.82) is 0 Å². The first-order valence-electron chi connectivity index (χ1n) is 9.47. The van der Waals surface area contributed by atoms with Gasteiger partial charge in [0, 0.05) is 11.4 Å². The van der Waals surface area contributed by atoms with Crippen LogP contribution in [0.4, 0.5) is 0 Å². The Labute approximate surface area is 170 Å². The zero-order valence-electron chi connectivity index (χ0n) is 16.6. The van der Waals surface area contributed by atoms with Gasteiger partial charge in [0.15, 0.2) is 0 Å². The summed E-state index contributed by atoms with van der Waals surface area (Å²) in [4.78, 5) is 28.9. The summed E-state index contributed by atoms with van der Waals surface area (Å²) in [5.74, 6) is 0.504. The van der Waals surface area contributed by atoms with Crippen LogP contribution in [-0.2, 0) is 9.59 Å². The molecule has 4 nitrogen and oxygen atoms in total. The van der Waals surface area contributed by atoms with Crippen molar-refractivity contribution in [3.63, 3.8) is 0 Å². The van der Waals surface area contributed by atoms with Crippen molar-refractivity contribution in [2.45, 2.75) is 38.7 Å². The average Bonchev–Trinajstić information content (AvgIpc) is 2.87. The fourth-order valence-corrected chi connectivity index (χ4v) is 4.05. The van der Waals surface area contributed by atoms with Gasteiger partial charge >= 0.3 is 0 Å². The Morgan fingerprint density at radius 1 is 0.893 bits per heavy atom. The molecule has 0 N–H and O–H groups in total. The zero-order chi connectivity index (χ0) is 20.3. The van der Waals surface area contributed by atoms with Crippen molar-refractivity contribution in [1.82, 2.24) is 4.90 Å². The molecule has 0 aliphatic carbocycles. The van der Waals surface area contributed by atoms with E-state index in [0.29, 0.717) is 17.0 Å². The van der Waals surface area contributed by atoms with Crippen molar-refractivity contribution < 1.29 is 14.3 Å². The summed E-state index contributed by atoms with van der Waals surface area (Å²) in [5, 5.41) is 0. The predicted molar refractivity (Wildman–Crippen MR) is 113 cm³/mol. The molecule has 0 fully saturated rings. The van der Waals surface area contributed by atoms with Crippen molar-refractivity contribution >= 4 is 29.1 Å². The second-order valence-electron chi connectivity index (χ2n) is 7.42. The van der Waals surface area contributed by atoms with Crippen LogP contribution >= 0.6 is 11.8 Å². The maximum absolute atomic E-state index is 13.1. The van der Waals surface area contributed by atoms with Gasteiger partial charge in [-0.2, -0.15) is 0 Å². The third kappa shape index (κ3) is 4.47. The monoisotopic (exact) mass is 395 g/mol. The highest BCUT2D eigenvalue weighted by molar-refractivity contribution is 8.04. The van der Waals surface area contributed by atoms with Crippen LogP contribution in [0.15, 0.2) is 64.4 Å². The first-order chi connectivity index (χ1) is 13.4. The van der Waals surface area contributed by atoms with E-state index in [-0.39, 0.29) is 23.8 Å². The van der Waals surface area contributed by atoms with Crippen molar-refractivity contribution in [3.05, 3.63) is 65.1 Å². The van der Waals surface area contributed by atoms with Gasteiger partial charge in [-0.1, -0.05) is 55.9 Å². The first kappa shape index (κ1) is 20.2. The molecule has 0 unspecified atom stereocenters. The van der Waals surface area contributed by atoms with E-state index in [1.54, 1.807) is 0 Å². The number of imide groups is 1. The number of carbonyl (C=O) groups excluding carboxylic acids is 2. The Hall–Kier alpha value is -2.53. The number of hydrogen-bond donors (Lipinski definition) is 0. The van der Waals surface area contributed by atoms with Crippen LogP contribution in [0.3, 0.4) is 0 Å². The number of nitrogens with zero attached hydrogens (tertiary/aromatic N) is 1. The fraction of sp³-hybridized carbons (Fsp3) is 0.304. The Morgan fingerprint density at radius 2 is 1.54 bits per heavy atom. The first-order valence-corrected chi connectivity index (χ1v) is 10.3. The fourth-order valence-electron chi connectivity index (χ4n) is 3.01. The van der Waals surface area contributed by atoms with E-state index >= 15 is 0 Å². The maximum atomic E-state index is 13.1. The molecule has 0 aromatic heterocycles. The van der Waals surface area contributed by atoms with Gasteiger partial charge in [-0.15, -0.1) is 0 Å². The van der Waals surface area contributed by atoms with Gasteiger partial charge < -0.3 is 4.74 Å².